The van der Waals surface area contributed by atoms with E-state index in [0.717, 1.165) is 16.8 Å². The van der Waals surface area contributed by atoms with E-state index >= 15 is 0 Å². The van der Waals surface area contributed by atoms with E-state index < -0.39 is 5.97 Å². The van der Waals surface area contributed by atoms with E-state index in [9.17, 15) is 9.59 Å². The number of amides is 1. The zero-order chi connectivity index (χ0) is 14.7. The van der Waals surface area contributed by atoms with Gasteiger partial charge in [-0.05, 0) is 37.1 Å². The van der Waals surface area contributed by atoms with Crippen LogP contribution < -0.4 is 5.32 Å². The Kier molecular flexibility index (Phi) is 3.79. The van der Waals surface area contributed by atoms with E-state index in [4.69, 9.17) is 5.11 Å². The minimum absolute atomic E-state index is 0.154. The number of hydrogen-bond donors (Lipinski definition) is 2. The van der Waals surface area contributed by atoms with E-state index in [1.165, 1.54) is 18.3 Å². The normalized spacial score (nSPS) is 10.1. The van der Waals surface area contributed by atoms with Gasteiger partial charge in [-0.1, -0.05) is 18.2 Å². The Balaban J connectivity index is 2.29. The van der Waals surface area contributed by atoms with Gasteiger partial charge in [0.25, 0.3) is 5.91 Å². The minimum atomic E-state index is -1.16. The first-order chi connectivity index (χ1) is 9.49. The number of benzene rings is 1. The van der Waals surface area contributed by atoms with E-state index in [0.29, 0.717) is 0 Å². The smallest absolute Gasteiger partial charge is 0.354 e. The molecule has 0 saturated carbocycles. The van der Waals surface area contributed by atoms with E-state index in [1.807, 2.05) is 32.0 Å². The molecule has 1 aromatic heterocycles. The quantitative estimate of drug-likeness (QED) is 0.898. The molecule has 102 valence electrons. The van der Waals surface area contributed by atoms with Crippen LogP contribution in [0.4, 0.5) is 5.69 Å². The number of carbonyl (C=O) groups is 2. The van der Waals surface area contributed by atoms with E-state index in [1.54, 1.807) is 0 Å². The zero-order valence-electron chi connectivity index (χ0n) is 11.2. The number of hydrogen-bond acceptors (Lipinski definition) is 3. The van der Waals surface area contributed by atoms with Gasteiger partial charge in [0.1, 0.15) is 5.69 Å². The first kappa shape index (κ1) is 13.7. The molecule has 1 heterocycles. The summed E-state index contributed by atoms with van der Waals surface area (Å²) in [6.07, 6.45) is 1.31. The molecule has 0 saturated heterocycles. The van der Waals surface area contributed by atoms with Gasteiger partial charge >= 0.3 is 5.97 Å². The van der Waals surface area contributed by atoms with Crippen molar-refractivity contribution in [2.24, 2.45) is 0 Å². The van der Waals surface area contributed by atoms with Crippen molar-refractivity contribution in [1.82, 2.24) is 4.98 Å². The zero-order valence-corrected chi connectivity index (χ0v) is 11.2. The third kappa shape index (κ3) is 2.83. The second-order valence-electron chi connectivity index (χ2n) is 4.46. The highest BCUT2D eigenvalue weighted by atomic mass is 16.4. The van der Waals surface area contributed by atoms with Gasteiger partial charge < -0.3 is 10.4 Å². The van der Waals surface area contributed by atoms with Crippen LogP contribution in [0.1, 0.15) is 32.0 Å². The first-order valence-electron chi connectivity index (χ1n) is 6.06. The molecule has 1 aromatic carbocycles. The molecule has 2 aromatic rings. The topological polar surface area (TPSA) is 79.3 Å². The average molecular weight is 270 g/mol. The number of aromatic carboxylic acids is 1. The third-order valence-corrected chi connectivity index (χ3v) is 2.96. The SMILES string of the molecule is Cc1cccc(C)c1NC(=O)c1ccnc(C(=O)O)c1. The molecule has 0 aliphatic heterocycles. The Morgan fingerprint density at radius 1 is 1.15 bits per heavy atom. The van der Waals surface area contributed by atoms with Crippen LogP contribution in [0.5, 0.6) is 0 Å². The molecule has 0 unspecified atom stereocenters. The number of carboxylic acid groups (broad SMARTS) is 1. The van der Waals surface area contributed by atoms with Crippen molar-refractivity contribution < 1.29 is 14.7 Å². The molecule has 0 fully saturated rings. The average Bonchev–Trinajstić information content (AvgIpc) is 2.43. The van der Waals surface area contributed by atoms with Gasteiger partial charge in [0, 0.05) is 17.4 Å². The lowest BCUT2D eigenvalue weighted by atomic mass is 10.1. The Hall–Kier alpha value is -2.69. The first-order valence-corrected chi connectivity index (χ1v) is 6.06. The summed E-state index contributed by atoms with van der Waals surface area (Å²) >= 11 is 0. The van der Waals surface area contributed by atoms with Gasteiger partial charge in [-0.25, -0.2) is 9.78 Å². The van der Waals surface area contributed by atoms with E-state index in [2.05, 4.69) is 10.3 Å². The number of nitrogens with zero attached hydrogens (tertiary/aromatic N) is 1. The summed E-state index contributed by atoms with van der Waals surface area (Å²) in [7, 11) is 0. The summed E-state index contributed by atoms with van der Waals surface area (Å²) < 4.78 is 0. The summed E-state index contributed by atoms with van der Waals surface area (Å²) in [5.41, 5.74) is 2.75. The highest BCUT2D eigenvalue weighted by Gasteiger charge is 2.12. The van der Waals surface area contributed by atoms with Gasteiger partial charge in [0.15, 0.2) is 0 Å². The number of rotatable bonds is 3. The van der Waals surface area contributed by atoms with Crippen molar-refractivity contribution in [2.75, 3.05) is 5.32 Å². The fraction of sp³-hybridized carbons (Fsp3) is 0.133. The summed E-state index contributed by atoms with van der Waals surface area (Å²) in [4.78, 5) is 26.7. The van der Waals surface area contributed by atoms with Crippen molar-refractivity contribution in [3.05, 3.63) is 58.9 Å². The molecule has 0 aliphatic carbocycles. The maximum absolute atomic E-state index is 12.2. The highest BCUT2D eigenvalue weighted by Crippen LogP contribution is 2.20. The van der Waals surface area contributed by atoms with E-state index in [-0.39, 0.29) is 17.2 Å². The Labute approximate surface area is 116 Å². The summed E-state index contributed by atoms with van der Waals surface area (Å²) in [5.74, 6) is -1.51. The number of nitrogens with one attached hydrogen (secondary N) is 1. The molecular formula is C15H14N2O3. The van der Waals surface area contributed by atoms with Gasteiger partial charge in [-0.2, -0.15) is 0 Å². The largest absolute Gasteiger partial charge is 0.477 e. The monoisotopic (exact) mass is 270 g/mol. The third-order valence-electron chi connectivity index (χ3n) is 2.96. The maximum atomic E-state index is 12.2. The second kappa shape index (κ2) is 5.52. The van der Waals surface area contributed by atoms with Crippen LogP contribution in [0.3, 0.4) is 0 Å². The molecule has 5 nitrogen and oxygen atoms in total. The highest BCUT2D eigenvalue weighted by molar-refractivity contribution is 6.05. The molecule has 0 bridgehead atoms. The molecule has 0 aliphatic rings. The van der Waals surface area contributed by atoms with Gasteiger partial charge in [-0.3, -0.25) is 4.79 Å². The Bertz CT molecular complexity index is 660. The molecule has 5 heteroatoms. The molecular weight excluding hydrogens is 256 g/mol. The van der Waals surface area contributed by atoms with Gasteiger partial charge in [0.05, 0.1) is 0 Å². The van der Waals surface area contributed by atoms with Crippen LogP contribution in [0, 0.1) is 13.8 Å². The second-order valence-corrected chi connectivity index (χ2v) is 4.46. The molecule has 0 atom stereocenters. The maximum Gasteiger partial charge on any atom is 0.354 e. The Morgan fingerprint density at radius 3 is 2.40 bits per heavy atom. The standard InChI is InChI=1S/C15H14N2O3/c1-9-4-3-5-10(2)13(9)17-14(18)11-6-7-16-12(8-11)15(19)20/h3-8H,1-2H3,(H,17,18)(H,19,20). The number of para-hydroxylation sites is 1. The Morgan fingerprint density at radius 2 is 1.80 bits per heavy atom. The van der Waals surface area contributed by atoms with Crippen molar-refractivity contribution in [3.8, 4) is 0 Å². The van der Waals surface area contributed by atoms with Crippen molar-refractivity contribution in [1.29, 1.82) is 0 Å². The van der Waals surface area contributed by atoms with Crippen molar-refractivity contribution >= 4 is 17.6 Å². The lowest BCUT2D eigenvalue weighted by Crippen LogP contribution is -2.15. The molecule has 0 spiro atoms. The summed E-state index contributed by atoms with van der Waals surface area (Å²) in [5, 5.41) is 11.7. The van der Waals surface area contributed by atoms with Gasteiger partial charge in [0.2, 0.25) is 0 Å². The van der Waals surface area contributed by atoms with Crippen LogP contribution in [0.25, 0.3) is 0 Å². The van der Waals surface area contributed by atoms with Crippen LogP contribution in [0.2, 0.25) is 0 Å². The molecule has 2 N–H and O–H groups in total. The lowest BCUT2D eigenvalue weighted by molar-refractivity contribution is 0.0690. The van der Waals surface area contributed by atoms with Crippen LogP contribution in [0.15, 0.2) is 36.5 Å². The molecule has 1 amide bonds. The number of anilines is 1. The lowest BCUT2D eigenvalue weighted by Gasteiger charge is -2.11. The fourth-order valence-electron chi connectivity index (χ4n) is 1.89. The number of pyridine rings is 1. The molecule has 2 rings (SSSR count). The predicted molar refractivity (Wildman–Crippen MR) is 75.1 cm³/mol. The van der Waals surface area contributed by atoms with Gasteiger partial charge in [-0.15, -0.1) is 0 Å². The van der Waals surface area contributed by atoms with Crippen LogP contribution >= 0.6 is 0 Å². The van der Waals surface area contributed by atoms with Crippen molar-refractivity contribution in [2.45, 2.75) is 13.8 Å². The number of aromatic nitrogens is 1. The summed E-state index contributed by atoms with van der Waals surface area (Å²) in [6.45, 7) is 3.80. The molecule has 20 heavy (non-hydrogen) atoms. The number of aryl methyl sites for hydroxylation is 2. The van der Waals surface area contributed by atoms with Crippen LogP contribution in [-0.4, -0.2) is 22.0 Å². The molecule has 0 radical (unpaired) electrons. The predicted octanol–water partition coefficient (Wildman–Crippen LogP) is 2.65. The summed E-state index contributed by atoms with van der Waals surface area (Å²) in [6, 6.07) is 8.45. The number of carboxylic acids is 1. The van der Waals surface area contributed by atoms with Crippen molar-refractivity contribution in [3.63, 3.8) is 0 Å². The van der Waals surface area contributed by atoms with Crippen LogP contribution in [-0.2, 0) is 0 Å². The fourth-order valence-corrected chi connectivity index (χ4v) is 1.89. The minimum Gasteiger partial charge on any atom is -0.477 e. The number of carbonyl (C=O) groups excluding carboxylic acids is 1.